The monoisotopic (exact) mass is 250 g/mol. The van der Waals surface area contributed by atoms with Crippen molar-refractivity contribution in [3.8, 4) is 11.5 Å². The second kappa shape index (κ2) is 4.98. The number of Topliss-reactive ketones (excluding diaryl/α,β-unsaturated/α-hetero) is 1. The molecule has 1 aromatic carbocycles. The van der Waals surface area contributed by atoms with E-state index >= 15 is 0 Å². The van der Waals surface area contributed by atoms with Gasteiger partial charge in [-0.05, 0) is 37.8 Å². The number of ketones is 1. The van der Waals surface area contributed by atoms with Crippen LogP contribution in [0.25, 0.3) is 0 Å². The fourth-order valence-electron chi connectivity index (χ4n) is 2.49. The molecule has 1 saturated carbocycles. The zero-order valence-electron chi connectivity index (χ0n) is 10.7. The van der Waals surface area contributed by atoms with Gasteiger partial charge in [0.2, 0.25) is 5.78 Å². The summed E-state index contributed by atoms with van der Waals surface area (Å²) in [7, 11) is 3.01. The van der Waals surface area contributed by atoms with E-state index in [1.165, 1.54) is 14.2 Å². The van der Waals surface area contributed by atoms with E-state index in [0.29, 0.717) is 29.9 Å². The first-order valence-corrected chi connectivity index (χ1v) is 6.10. The largest absolute Gasteiger partial charge is 0.496 e. The van der Waals surface area contributed by atoms with E-state index in [-0.39, 0.29) is 5.78 Å². The Morgan fingerprint density at radius 1 is 1.17 bits per heavy atom. The molecule has 0 spiro atoms. The highest BCUT2D eigenvalue weighted by molar-refractivity contribution is 6.06. The van der Waals surface area contributed by atoms with Gasteiger partial charge >= 0.3 is 0 Å². The summed E-state index contributed by atoms with van der Waals surface area (Å²) in [6.07, 6.45) is 2.76. The summed E-state index contributed by atoms with van der Waals surface area (Å²) in [6.45, 7) is 0. The summed E-state index contributed by atoms with van der Waals surface area (Å²) in [6, 6.07) is 5.16. The number of methoxy groups -OCH3 is 2. The molecule has 1 aliphatic rings. The quantitative estimate of drug-likeness (QED) is 0.832. The molecule has 98 valence electrons. The summed E-state index contributed by atoms with van der Waals surface area (Å²) in [5.41, 5.74) is -0.922. The topological polar surface area (TPSA) is 55.8 Å². The van der Waals surface area contributed by atoms with Crippen LogP contribution in [-0.4, -0.2) is 30.7 Å². The average molecular weight is 250 g/mol. The number of hydrogen-bond donors (Lipinski definition) is 1. The van der Waals surface area contributed by atoms with Gasteiger partial charge in [-0.15, -0.1) is 0 Å². The van der Waals surface area contributed by atoms with Gasteiger partial charge in [-0.2, -0.15) is 0 Å². The van der Waals surface area contributed by atoms with Crippen molar-refractivity contribution in [2.75, 3.05) is 14.2 Å². The van der Waals surface area contributed by atoms with Gasteiger partial charge in [0.15, 0.2) is 0 Å². The van der Waals surface area contributed by atoms with E-state index in [2.05, 4.69) is 0 Å². The third-order valence-corrected chi connectivity index (χ3v) is 3.51. The number of aliphatic hydroxyl groups is 1. The van der Waals surface area contributed by atoms with Crippen molar-refractivity contribution in [2.24, 2.45) is 0 Å². The van der Waals surface area contributed by atoms with Gasteiger partial charge in [-0.25, -0.2) is 0 Å². The van der Waals surface area contributed by atoms with E-state index < -0.39 is 5.60 Å². The molecule has 0 heterocycles. The van der Waals surface area contributed by atoms with Gasteiger partial charge in [0, 0.05) is 0 Å². The standard InChI is InChI=1S/C14H18O4/c1-17-10-6-5-7-11(18-2)12(10)13(15)14(16)8-3-4-9-14/h5-7,16H,3-4,8-9H2,1-2H3. The Bertz CT molecular complexity index is 425. The van der Waals surface area contributed by atoms with Crippen molar-refractivity contribution < 1.29 is 19.4 Å². The van der Waals surface area contributed by atoms with Crippen molar-refractivity contribution in [3.63, 3.8) is 0 Å². The molecule has 0 aromatic heterocycles. The Morgan fingerprint density at radius 2 is 1.67 bits per heavy atom. The van der Waals surface area contributed by atoms with Gasteiger partial charge in [-0.3, -0.25) is 4.79 Å². The molecule has 0 atom stereocenters. The molecule has 0 radical (unpaired) electrons. The molecular formula is C14H18O4. The zero-order chi connectivity index (χ0) is 13.2. The number of carbonyl (C=O) groups is 1. The van der Waals surface area contributed by atoms with Crippen LogP contribution in [0, 0.1) is 0 Å². The van der Waals surface area contributed by atoms with Crippen molar-refractivity contribution >= 4 is 5.78 Å². The lowest BCUT2D eigenvalue weighted by molar-refractivity contribution is 0.0347. The highest BCUT2D eigenvalue weighted by Crippen LogP contribution is 2.38. The van der Waals surface area contributed by atoms with Gasteiger partial charge in [0.05, 0.1) is 14.2 Å². The first kappa shape index (κ1) is 12.9. The SMILES string of the molecule is COc1cccc(OC)c1C(=O)C1(O)CCCC1. The molecular weight excluding hydrogens is 232 g/mol. The first-order valence-electron chi connectivity index (χ1n) is 6.10. The van der Waals surface area contributed by atoms with E-state index in [1.807, 2.05) is 0 Å². The Morgan fingerprint density at radius 3 is 2.11 bits per heavy atom. The van der Waals surface area contributed by atoms with Crippen LogP contribution in [0.5, 0.6) is 11.5 Å². The molecule has 1 aliphatic carbocycles. The lowest BCUT2D eigenvalue weighted by Gasteiger charge is -2.22. The van der Waals surface area contributed by atoms with Crippen molar-refractivity contribution in [1.82, 2.24) is 0 Å². The third kappa shape index (κ3) is 2.08. The summed E-state index contributed by atoms with van der Waals surface area (Å²) in [5, 5.41) is 10.4. The van der Waals surface area contributed by atoms with Crippen molar-refractivity contribution in [2.45, 2.75) is 31.3 Å². The number of carbonyl (C=O) groups excluding carboxylic acids is 1. The van der Waals surface area contributed by atoms with Crippen LogP contribution >= 0.6 is 0 Å². The maximum absolute atomic E-state index is 12.5. The molecule has 1 fully saturated rings. The number of hydrogen-bond acceptors (Lipinski definition) is 4. The van der Waals surface area contributed by atoms with Crippen LogP contribution in [-0.2, 0) is 0 Å². The highest BCUT2D eigenvalue weighted by atomic mass is 16.5. The van der Waals surface area contributed by atoms with E-state index in [0.717, 1.165) is 12.8 Å². The maximum atomic E-state index is 12.5. The Kier molecular flexibility index (Phi) is 3.57. The maximum Gasteiger partial charge on any atom is 0.201 e. The summed E-state index contributed by atoms with van der Waals surface area (Å²) >= 11 is 0. The normalized spacial score (nSPS) is 17.5. The van der Waals surface area contributed by atoms with Gasteiger partial charge in [0.25, 0.3) is 0 Å². The predicted octanol–water partition coefficient (Wildman–Crippen LogP) is 2.19. The number of rotatable bonds is 4. The summed E-state index contributed by atoms with van der Waals surface area (Å²) in [5.74, 6) is 0.591. The van der Waals surface area contributed by atoms with Crippen LogP contribution in [0.3, 0.4) is 0 Å². The minimum Gasteiger partial charge on any atom is -0.496 e. The van der Waals surface area contributed by atoms with Crippen LogP contribution in [0.15, 0.2) is 18.2 Å². The molecule has 0 amide bonds. The minimum atomic E-state index is -1.26. The first-order chi connectivity index (χ1) is 8.62. The molecule has 4 nitrogen and oxygen atoms in total. The second-order valence-corrected chi connectivity index (χ2v) is 4.61. The molecule has 1 aromatic rings. The number of ether oxygens (including phenoxy) is 2. The second-order valence-electron chi connectivity index (χ2n) is 4.61. The smallest absolute Gasteiger partial charge is 0.201 e. The molecule has 1 N–H and O–H groups in total. The van der Waals surface area contributed by atoms with E-state index in [1.54, 1.807) is 18.2 Å². The lowest BCUT2D eigenvalue weighted by Crippen LogP contribution is -2.35. The fraction of sp³-hybridized carbons (Fsp3) is 0.500. The number of benzene rings is 1. The van der Waals surface area contributed by atoms with Gasteiger partial charge in [-0.1, -0.05) is 6.07 Å². The Labute approximate surface area is 107 Å². The van der Waals surface area contributed by atoms with E-state index in [9.17, 15) is 9.90 Å². The molecule has 4 heteroatoms. The van der Waals surface area contributed by atoms with Crippen LogP contribution in [0.2, 0.25) is 0 Å². The Hall–Kier alpha value is -1.55. The Balaban J connectivity index is 2.46. The molecule has 0 saturated heterocycles. The third-order valence-electron chi connectivity index (χ3n) is 3.51. The summed E-state index contributed by atoms with van der Waals surface area (Å²) in [4.78, 5) is 12.5. The predicted molar refractivity (Wildman–Crippen MR) is 67.3 cm³/mol. The fourth-order valence-corrected chi connectivity index (χ4v) is 2.49. The highest BCUT2D eigenvalue weighted by Gasteiger charge is 2.41. The minimum absolute atomic E-state index is 0.297. The lowest BCUT2D eigenvalue weighted by atomic mass is 9.90. The van der Waals surface area contributed by atoms with Gasteiger partial charge < -0.3 is 14.6 Å². The summed E-state index contributed by atoms with van der Waals surface area (Å²) < 4.78 is 10.4. The van der Waals surface area contributed by atoms with Crippen molar-refractivity contribution in [3.05, 3.63) is 23.8 Å². The average Bonchev–Trinajstić information content (AvgIpc) is 2.85. The van der Waals surface area contributed by atoms with E-state index in [4.69, 9.17) is 9.47 Å². The molecule has 0 aliphatic heterocycles. The molecule has 0 bridgehead atoms. The molecule has 18 heavy (non-hydrogen) atoms. The van der Waals surface area contributed by atoms with Gasteiger partial charge in [0.1, 0.15) is 22.7 Å². The molecule has 0 unspecified atom stereocenters. The van der Waals surface area contributed by atoms with Crippen LogP contribution in [0.1, 0.15) is 36.0 Å². The molecule has 2 rings (SSSR count). The van der Waals surface area contributed by atoms with Crippen molar-refractivity contribution in [1.29, 1.82) is 0 Å². The van der Waals surface area contributed by atoms with Crippen LogP contribution < -0.4 is 9.47 Å². The zero-order valence-corrected chi connectivity index (χ0v) is 10.7. The van der Waals surface area contributed by atoms with Crippen LogP contribution in [0.4, 0.5) is 0 Å².